The van der Waals surface area contributed by atoms with Gasteiger partial charge in [-0.1, -0.05) is 5.16 Å². The summed E-state index contributed by atoms with van der Waals surface area (Å²) in [6.07, 6.45) is 4.86. The lowest BCUT2D eigenvalue weighted by atomic mass is 9.99. The van der Waals surface area contributed by atoms with Crippen molar-refractivity contribution >= 4 is 29.2 Å². The second-order valence-corrected chi connectivity index (χ2v) is 6.31. The van der Waals surface area contributed by atoms with Gasteiger partial charge in [-0.2, -0.15) is 0 Å². The van der Waals surface area contributed by atoms with E-state index < -0.39 is 0 Å². The lowest BCUT2D eigenvalue weighted by Gasteiger charge is -2.25. The van der Waals surface area contributed by atoms with Crippen molar-refractivity contribution in [1.82, 2.24) is 15.3 Å². The van der Waals surface area contributed by atoms with Gasteiger partial charge in [0.25, 0.3) is 0 Å². The van der Waals surface area contributed by atoms with Crippen LogP contribution in [0.1, 0.15) is 18.4 Å². The summed E-state index contributed by atoms with van der Waals surface area (Å²) >= 11 is 6.29. The molecule has 0 saturated carbocycles. The number of carbonyl (C=O) groups is 1. The summed E-state index contributed by atoms with van der Waals surface area (Å²) in [4.78, 5) is 21.1. The van der Waals surface area contributed by atoms with Crippen LogP contribution in [-0.4, -0.2) is 40.0 Å². The largest absolute Gasteiger partial charge is 0.409 e. The van der Waals surface area contributed by atoms with Crippen LogP contribution < -0.4 is 15.5 Å². The average Bonchev–Trinajstić information content (AvgIpc) is 2.73. The smallest absolute Gasteiger partial charge is 0.246 e. The van der Waals surface area contributed by atoms with E-state index in [2.05, 4.69) is 20.4 Å². The van der Waals surface area contributed by atoms with Crippen molar-refractivity contribution < 1.29 is 10.0 Å². The van der Waals surface area contributed by atoms with E-state index in [0.717, 1.165) is 23.8 Å². The van der Waals surface area contributed by atoms with Crippen molar-refractivity contribution in [2.24, 2.45) is 16.8 Å². The number of pyridine rings is 2. The topological polar surface area (TPSA) is 117 Å². The van der Waals surface area contributed by atoms with Crippen molar-refractivity contribution in [3.05, 3.63) is 42.2 Å². The maximum absolute atomic E-state index is 12.6. The van der Waals surface area contributed by atoms with Crippen molar-refractivity contribution in [2.75, 3.05) is 17.5 Å². The fraction of sp³-hybridized carbons (Fsp3) is 0.294. The number of rotatable bonds is 4. The third-order valence-electron chi connectivity index (χ3n) is 4.24. The van der Waals surface area contributed by atoms with Gasteiger partial charge >= 0.3 is 0 Å². The lowest BCUT2D eigenvalue weighted by Crippen LogP contribution is -2.39. The first-order valence-corrected chi connectivity index (χ1v) is 8.55. The highest BCUT2D eigenvalue weighted by Gasteiger charge is 2.26. The monoisotopic (exact) mass is 374 g/mol. The predicted octanol–water partition coefficient (Wildman–Crippen LogP) is 1.72. The van der Waals surface area contributed by atoms with Gasteiger partial charge in [0.2, 0.25) is 5.91 Å². The third-order valence-corrected chi connectivity index (χ3v) is 4.60. The van der Waals surface area contributed by atoms with Crippen LogP contribution in [0.3, 0.4) is 0 Å². The summed E-state index contributed by atoms with van der Waals surface area (Å²) in [5, 5.41) is 15.0. The number of carbonyl (C=O) groups excluding carboxylic acids is 1. The minimum atomic E-state index is -0.144. The third kappa shape index (κ3) is 3.92. The first-order chi connectivity index (χ1) is 12.6. The molecule has 2 aromatic heterocycles. The molecule has 0 bridgehead atoms. The van der Waals surface area contributed by atoms with Crippen molar-refractivity contribution in [3.8, 4) is 11.4 Å². The summed E-state index contributed by atoms with van der Waals surface area (Å²) in [5.41, 5.74) is 7.69. The minimum Gasteiger partial charge on any atom is -0.409 e. The molecule has 9 heteroatoms. The molecule has 3 heterocycles. The van der Waals surface area contributed by atoms with E-state index >= 15 is 0 Å². The zero-order chi connectivity index (χ0) is 18.5. The van der Waals surface area contributed by atoms with Gasteiger partial charge in [0, 0.05) is 36.3 Å². The zero-order valence-corrected chi connectivity index (χ0v) is 14.7. The fourth-order valence-corrected chi connectivity index (χ4v) is 3.06. The number of hydrogen-bond acceptors (Lipinski definition) is 6. The number of piperidine rings is 1. The first-order valence-electron chi connectivity index (χ1n) is 8.21. The van der Waals surface area contributed by atoms with E-state index in [1.807, 2.05) is 0 Å². The number of amidine groups is 1. The molecule has 0 radical (unpaired) electrons. The minimum absolute atomic E-state index is 0.0243. The predicted molar refractivity (Wildman–Crippen MR) is 98.9 cm³/mol. The standard InChI is InChI=1S/C17H19ClN6O2/c18-24(17(25)12-2-1-5-20-10-12)13-4-7-22-15(9-13)14-8-11(3-6-21-14)16(19)23-26/h3-4,6-9,12,20,26H,1-2,5,10H2,(H2,19,23). The maximum Gasteiger partial charge on any atom is 0.246 e. The molecule has 1 aliphatic rings. The van der Waals surface area contributed by atoms with Gasteiger partial charge in [0.1, 0.15) is 0 Å². The van der Waals surface area contributed by atoms with Crippen LogP contribution in [0.5, 0.6) is 0 Å². The Morgan fingerprint density at radius 1 is 1.31 bits per heavy atom. The Bertz CT molecular complexity index is 822. The summed E-state index contributed by atoms with van der Waals surface area (Å²) in [7, 11) is 0. The molecular weight excluding hydrogens is 356 g/mol. The molecule has 3 rings (SSSR count). The van der Waals surface area contributed by atoms with Crippen molar-refractivity contribution in [1.29, 1.82) is 0 Å². The molecule has 0 aromatic carbocycles. The van der Waals surface area contributed by atoms with E-state index in [1.54, 1.807) is 30.5 Å². The highest BCUT2D eigenvalue weighted by molar-refractivity contribution is 6.37. The maximum atomic E-state index is 12.6. The molecule has 0 aliphatic carbocycles. The van der Waals surface area contributed by atoms with Crippen molar-refractivity contribution in [3.63, 3.8) is 0 Å². The molecule has 0 spiro atoms. The number of hydrogen-bond donors (Lipinski definition) is 3. The summed E-state index contributed by atoms with van der Waals surface area (Å²) in [6.45, 7) is 1.55. The van der Waals surface area contributed by atoms with Crippen LogP contribution in [-0.2, 0) is 4.79 Å². The lowest BCUT2D eigenvalue weighted by molar-refractivity contribution is -0.121. The molecule has 26 heavy (non-hydrogen) atoms. The summed E-state index contributed by atoms with van der Waals surface area (Å²) < 4.78 is 1.14. The number of nitrogens with one attached hydrogen (secondary N) is 1. The molecule has 1 amide bonds. The number of anilines is 1. The van der Waals surface area contributed by atoms with Gasteiger partial charge in [-0.15, -0.1) is 0 Å². The van der Waals surface area contributed by atoms with E-state index in [9.17, 15) is 4.79 Å². The van der Waals surface area contributed by atoms with Crippen LogP contribution >= 0.6 is 11.8 Å². The number of halogens is 1. The highest BCUT2D eigenvalue weighted by Crippen LogP contribution is 2.25. The van der Waals surface area contributed by atoms with Crippen LogP contribution in [0.4, 0.5) is 5.69 Å². The number of amides is 1. The van der Waals surface area contributed by atoms with Crippen LogP contribution in [0.25, 0.3) is 11.4 Å². The molecule has 4 N–H and O–H groups in total. The Balaban J connectivity index is 1.85. The van der Waals surface area contributed by atoms with Crippen LogP contribution in [0.15, 0.2) is 41.8 Å². The van der Waals surface area contributed by atoms with Gasteiger partial charge in [-0.3, -0.25) is 14.8 Å². The van der Waals surface area contributed by atoms with Gasteiger partial charge in [-0.05, 0) is 43.7 Å². The molecule has 2 aromatic rings. The molecule has 1 unspecified atom stereocenters. The van der Waals surface area contributed by atoms with Gasteiger partial charge < -0.3 is 16.3 Å². The van der Waals surface area contributed by atoms with E-state index in [4.69, 9.17) is 22.7 Å². The van der Waals surface area contributed by atoms with Crippen LogP contribution in [0, 0.1) is 5.92 Å². The Kier molecular flexibility index (Phi) is 5.65. The Morgan fingerprint density at radius 2 is 2.04 bits per heavy atom. The molecular formula is C17H19ClN6O2. The Morgan fingerprint density at radius 3 is 2.73 bits per heavy atom. The number of nitrogens with zero attached hydrogens (tertiary/aromatic N) is 4. The van der Waals surface area contributed by atoms with E-state index in [1.165, 1.54) is 6.20 Å². The molecule has 1 fully saturated rings. The number of nitrogens with two attached hydrogens (primary N) is 1. The normalized spacial score (nSPS) is 17.7. The second kappa shape index (κ2) is 8.11. The number of oxime groups is 1. The highest BCUT2D eigenvalue weighted by atomic mass is 35.5. The summed E-state index contributed by atoms with van der Waals surface area (Å²) in [6, 6.07) is 6.61. The molecule has 1 atom stereocenters. The van der Waals surface area contributed by atoms with Crippen molar-refractivity contribution in [2.45, 2.75) is 12.8 Å². The Hall–Kier alpha value is -2.71. The van der Waals surface area contributed by atoms with Gasteiger partial charge in [0.05, 0.1) is 23.0 Å². The van der Waals surface area contributed by atoms with E-state index in [-0.39, 0.29) is 17.7 Å². The van der Waals surface area contributed by atoms with E-state index in [0.29, 0.717) is 29.2 Å². The molecule has 1 saturated heterocycles. The summed E-state index contributed by atoms with van der Waals surface area (Å²) in [5.74, 6) is -0.307. The average molecular weight is 375 g/mol. The molecule has 136 valence electrons. The van der Waals surface area contributed by atoms with Gasteiger partial charge in [0.15, 0.2) is 5.84 Å². The molecule has 8 nitrogen and oxygen atoms in total. The SMILES string of the molecule is N/C(=N\O)c1ccnc(-c2cc(N(Cl)C(=O)C3CCCNC3)ccn2)c1. The van der Waals surface area contributed by atoms with Gasteiger partial charge in [-0.25, -0.2) is 4.42 Å². The Labute approximate surface area is 155 Å². The fourth-order valence-electron chi connectivity index (χ4n) is 2.82. The molecule has 1 aliphatic heterocycles. The zero-order valence-electron chi connectivity index (χ0n) is 14.0. The first kappa shape index (κ1) is 18.1. The number of aromatic nitrogens is 2. The second-order valence-electron chi connectivity index (χ2n) is 5.98. The quantitative estimate of drug-likeness (QED) is 0.247. The van der Waals surface area contributed by atoms with Crippen LogP contribution in [0.2, 0.25) is 0 Å².